The summed E-state index contributed by atoms with van der Waals surface area (Å²) in [7, 11) is 3.66. The number of hydrogen-bond donors (Lipinski definition) is 3. The van der Waals surface area contributed by atoms with E-state index in [0.29, 0.717) is 6.54 Å². The van der Waals surface area contributed by atoms with Crippen molar-refractivity contribution in [2.75, 3.05) is 26.8 Å². The lowest BCUT2D eigenvalue weighted by atomic mass is 9.88. The quantitative estimate of drug-likeness (QED) is 0.493. The average molecular weight is 386 g/mol. The molecule has 1 aromatic heterocycles. The molecule has 0 saturated carbocycles. The minimum atomic E-state index is -0.0457. The molecular formula is C20H31N7O. The van der Waals surface area contributed by atoms with Crippen LogP contribution in [0.2, 0.25) is 0 Å². The Kier molecular flexibility index (Phi) is 7.00. The van der Waals surface area contributed by atoms with Gasteiger partial charge in [0.1, 0.15) is 12.2 Å². The molecule has 1 atom stereocenters. The molecule has 1 aliphatic rings. The molecule has 2 heterocycles. The molecule has 0 amide bonds. The number of nitrogens with zero attached hydrogens (tertiary/aromatic N) is 4. The Bertz CT molecular complexity index is 753. The summed E-state index contributed by atoms with van der Waals surface area (Å²) in [4.78, 5) is 8.58. The summed E-state index contributed by atoms with van der Waals surface area (Å²) >= 11 is 0. The lowest BCUT2D eigenvalue weighted by Gasteiger charge is -2.41. The Morgan fingerprint density at radius 1 is 1.25 bits per heavy atom. The summed E-state index contributed by atoms with van der Waals surface area (Å²) in [6, 6.07) is 10.8. The molecule has 3 N–H and O–H groups in total. The average Bonchev–Trinajstić information content (AvgIpc) is 3.14. The molecular weight excluding hydrogens is 354 g/mol. The second kappa shape index (κ2) is 9.66. The SMILES string of the molecule is CN=C(NCc1ncnn1C)NCC1(NC(C)c2ccccc2)CCOCC1. The summed E-state index contributed by atoms with van der Waals surface area (Å²) in [5.41, 5.74) is 1.24. The molecule has 152 valence electrons. The maximum absolute atomic E-state index is 5.62. The van der Waals surface area contributed by atoms with Gasteiger partial charge in [-0.3, -0.25) is 9.67 Å². The highest BCUT2D eigenvalue weighted by Crippen LogP contribution is 2.25. The molecule has 0 bridgehead atoms. The smallest absolute Gasteiger partial charge is 0.191 e. The predicted molar refractivity (Wildman–Crippen MR) is 110 cm³/mol. The molecule has 0 spiro atoms. The van der Waals surface area contributed by atoms with Crippen LogP contribution in [0.4, 0.5) is 0 Å². The second-order valence-corrected chi connectivity index (χ2v) is 7.25. The van der Waals surface area contributed by atoms with Gasteiger partial charge in [-0.2, -0.15) is 5.10 Å². The Morgan fingerprint density at radius 2 is 2.00 bits per heavy atom. The molecule has 1 unspecified atom stereocenters. The number of aromatic nitrogens is 3. The molecule has 1 fully saturated rings. The first kappa shape index (κ1) is 20.3. The summed E-state index contributed by atoms with van der Waals surface area (Å²) < 4.78 is 7.38. The highest BCUT2D eigenvalue weighted by molar-refractivity contribution is 5.79. The van der Waals surface area contributed by atoms with Crippen LogP contribution in [-0.2, 0) is 18.3 Å². The van der Waals surface area contributed by atoms with Crippen molar-refractivity contribution in [2.24, 2.45) is 12.0 Å². The van der Waals surface area contributed by atoms with Crippen LogP contribution in [0.15, 0.2) is 41.7 Å². The van der Waals surface area contributed by atoms with Crippen molar-refractivity contribution in [1.29, 1.82) is 0 Å². The number of aryl methyl sites for hydroxylation is 1. The van der Waals surface area contributed by atoms with Gasteiger partial charge in [0, 0.05) is 45.4 Å². The maximum Gasteiger partial charge on any atom is 0.191 e. The van der Waals surface area contributed by atoms with Crippen LogP contribution >= 0.6 is 0 Å². The zero-order valence-electron chi connectivity index (χ0n) is 17.0. The van der Waals surface area contributed by atoms with E-state index in [2.05, 4.69) is 68.3 Å². The van der Waals surface area contributed by atoms with E-state index in [1.54, 1.807) is 18.1 Å². The fraction of sp³-hybridized carbons (Fsp3) is 0.550. The van der Waals surface area contributed by atoms with Crippen molar-refractivity contribution in [3.05, 3.63) is 48.0 Å². The number of benzene rings is 1. The highest BCUT2D eigenvalue weighted by atomic mass is 16.5. The number of hydrogen-bond acceptors (Lipinski definition) is 5. The number of rotatable bonds is 7. The lowest BCUT2D eigenvalue weighted by molar-refractivity contribution is 0.0355. The largest absolute Gasteiger partial charge is 0.381 e. The Labute approximate surface area is 166 Å². The van der Waals surface area contributed by atoms with Crippen molar-refractivity contribution >= 4 is 5.96 Å². The standard InChI is InChI=1S/C20H31N7O/c1-16(17-7-5-4-6-8-17)26-20(9-11-28-12-10-20)14-23-19(21-2)22-13-18-24-15-25-27(18)3/h4-8,15-16,26H,9-14H2,1-3H3,(H2,21,22,23). The van der Waals surface area contributed by atoms with Gasteiger partial charge in [-0.1, -0.05) is 30.3 Å². The lowest BCUT2D eigenvalue weighted by Crippen LogP contribution is -2.58. The zero-order chi connectivity index (χ0) is 19.8. The van der Waals surface area contributed by atoms with Crippen LogP contribution in [0.3, 0.4) is 0 Å². The van der Waals surface area contributed by atoms with Gasteiger partial charge in [0.2, 0.25) is 0 Å². The molecule has 0 aliphatic carbocycles. The van der Waals surface area contributed by atoms with Gasteiger partial charge in [0.05, 0.1) is 6.54 Å². The number of guanidine groups is 1. The topological polar surface area (TPSA) is 88.4 Å². The van der Waals surface area contributed by atoms with Crippen molar-refractivity contribution in [2.45, 2.75) is 37.9 Å². The van der Waals surface area contributed by atoms with Crippen LogP contribution in [-0.4, -0.2) is 53.1 Å². The van der Waals surface area contributed by atoms with Gasteiger partial charge in [0.25, 0.3) is 0 Å². The molecule has 1 aromatic carbocycles. The van der Waals surface area contributed by atoms with Crippen molar-refractivity contribution in [3.63, 3.8) is 0 Å². The summed E-state index contributed by atoms with van der Waals surface area (Å²) in [6.45, 7) is 5.09. The van der Waals surface area contributed by atoms with Gasteiger partial charge in [-0.05, 0) is 25.3 Å². The fourth-order valence-electron chi connectivity index (χ4n) is 3.54. The Hall–Kier alpha value is -2.45. The van der Waals surface area contributed by atoms with Gasteiger partial charge < -0.3 is 20.7 Å². The maximum atomic E-state index is 5.62. The van der Waals surface area contributed by atoms with Crippen LogP contribution in [0.25, 0.3) is 0 Å². The van der Waals surface area contributed by atoms with Crippen LogP contribution < -0.4 is 16.0 Å². The fourth-order valence-corrected chi connectivity index (χ4v) is 3.54. The number of aliphatic imine (C=N–C) groups is 1. The van der Waals surface area contributed by atoms with Crippen LogP contribution in [0.5, 0.6) is 0 Å². The number of ether oxygens (including phenoxy) is 1. The molecule has 1 aliphatic heterocycles. The summed E-state index contributed by atoms with van der Waals surface area (Å²) in [6.07, 6.45) is 3.47. The third-order valence-electron chi connectivity index (χ3n) is 5.31. The third-order valence-corrected chi connectivity index (χ3v) is 5.31. The molecule has 2 aromatic rings. The monoisotopic (exact) mass is 385 g/mol. The van der Waals surface area contributed by atoms with Gasteiger partial charge >= 0.3 is 0 Å². The second-order valence-electron chi connectivity index (χ2n) is 7.25. The van der Waals surface area contributed by atoms with Crippen LogP contribution in [0, 0.1) is 0 Å². The minimum absolute atomic E-state index is 0.0457. The molecule has 1 saturated heterocycles. The number of nitrogens with one attached hydrogen (secondary N) is 3. The van der Waals surface area contributed by atoms with E-state index >= 15 is 0 Å². The van der Waals surface area contributed by atoms with Crippen molar-refractivity contribution in [3.8, 4) is 0 Å². The van der Waals surface area contributed by atoms with E-state index in [1.165, 1.54) is 5.56 Å². The minimum Gasteiger partial charge on any atom is -0.381 e. The first-order valence-electron chi connectivity index (χ1n) is 9.80. The van der Waals surface area contributed by atoms with Crippen molar-refractivity contribution in [1.82, 2.24) is 30.7 Å². The summed E-state index contributed by atoms with van der Waals surface area (Å²) in [5.74, 6) is 1.61. The third kappa shape index (κ3) is 5.30. The zero-order valence-corrected chi connectivity index (χ0v) is 17.0. The van der Waals surface area contributed by atoms with E-state index in [0.717, 1.165) is 44.4 Å². The first-order valence-corrected chi connectivity index (χ1v) is 9.80. The Balaban J connectivity index is 1.60. The van der Waals surface area contributed by atoms with E-state index in [1.807, 2.05) is 7.05 Å². The first-order chi connectivity index (χ1) is 13.6. The molecule has 8 heteroatoms. The molecule has 3 rings (SSSR count). The normalized spacial score (nSPS) is 17.9. The highest BCUT2D eigenvalue weighted by Gasteiger charge is 2.34. The van der Waals surface area contributed by atoms with E-state index < -0.39 is 0 Å². The van der Waals surface area contributed by atoms with Crippen molar-refractivity contribution < 1.29 is 4.74 Å². The van der Waals surface area contributed by atoms with Crippen LogP contribution in [0.1, 0.15) is 37.2 Å². The molecule has 0 radical (unpaired) electrons. The Morgan fingerprint density at radius 3 is 2.64 bits per heavy atom. The van der Waals surface area contributed by atoms with Gasteiger partial charge in [-0.15, -0.1) is 0 Å². The molecule has 8 nitrogen and oxygen atoms in total. The van der Waals surface area contributed by atoms with Gasteiger partial charge in [-0.25, -0.2) is 4.98 Å². The molecule has 28 heavy (non-hydrogen) atoms. The summed E-state index contributed by atoms with van der Waals surface area (Å²) in [5, 5.41) is 14.7. The van der Waals surface area contributed by atoms with Gasteiger partial charge in [0.15, 0.2) is 5.96 Å². The van der Waals surface area contributed by atoms with E-state index in [4.69, 9.17) is 4.74 Å². The van der Waals surface area contributed by atoms with E-state index in [9.17, 15) is 0 Å². The van der Waals surface area contributed by atoms with E-state index in [-0.39, 0.29) is 11.6 Å². The predicted octanol–water partition coefficient (Wildman–Crippen LogP) is 1.38.